The monoisotopic (exact) mass is 171 g/mol. The van der Waals surface area contributed by atoms with E-state index in [4.69, 9.17) is 6.57 Å². The summed E-state index contributed by atoms with van der Waals surface area (Å²) in [6.45, 7) is 7.47. The molecule has 0 spiro atoms. The molecule has 0 radical (unpaired) electrons. The minimum atomic E-state index is 0.381. The molecule has 1 aliphatic rings. The van der Waals surface area contributed by atoms with Crippen molar-refractivity contribution >= 4 is 0 Å². The van der Waals surface area contributed by atoms with E-state index in [1.807, 2.05) is 0 Å². The Kier molecular flexibility index (Phi) is 2.06. The number of hydrogen-bond donors (Lipinski definition) is 0. The van der Waals surface area contributed by atoms with Gasteiger partial charge in [0.25, 0.3) is 0 Å². The zero-order valence-corrected chi connectivity index (χ0v) is 7.66. The third-order valence-electron chi connectivity index (χ3n) is 2.94. The van der Waals surface area contributed by atoms with Crippen molar-refractivity contribution in [3.63, 3.8) is 0 Å². The van der Waals surface area contributed by atoms with Crippen LogP contribution in [0.15, 0.2) is 30.3 Å². The van der Waals surface area contributed by atoms with E-state index in [0.717, 1.165) is 6.42 Å². The molecule has 1 fully saturated rings. The van der Waals surface area contributed by atoms with Crippen molar-refractivity contribution in [3.05, 3.63) is 47.3 Å². The zero-order chi connectivity index (χ0) is 9.15. The summed E-state index contributed by atoms with van der Waals surface area (Å²) >= 11 is 0. The van der Waals surface area contributed by atoms with Crippen LogP contribution in [-0.4, -0.2) is 6.54 Å². The highest BCUT2D eigenvalue weighted by molar-refractivity contribution is 5.31. The lowest BCUT2D eigenvalue weighted by Gasteiger charge is -2.11. The number of benzene rings is 1. The summed E-state index contributed by atoms with van der Waals surface area (Å²) < 4.78 is 0. The van der Waals surface area contributed by atoms with Gasteiger partial charge >= 0.3 is 0 Å². The smallest absolute Gasteiger partial charge is 0.215 e. The molecule has 0 saturated heterocycles. The minimum absolute atomic E-state index is 0.381. The molecule has 1 saturated carbocycles. The molecule has 1 aromatic rings. The van der Waals surface area contributed by atoms with Gasteiger partial charge in [-0.3, -0.25) is 0 Å². The van der Waals surface area contributed by atoms with Gasteiger partial charge < -0.3 is 4.85 Å². The number of nitrogens with zero attached hydrogens (tertiary/aromatic N) is 1. The molecular weight excluding hydrogens is 158 g/mol. The molecule has 0 bridgehead atoms. The largest absolute Gasteiger partial charge is 0.317 e. The molecule has 1 heteroatoms. The maximum atomic E-state index is 6.80. The molecule has 66 valence electrons. The lowest BCUT2D eigenvalue weighted by molar-refractivity contribution is 0.653. The van der Waals surface area contributed by atoms with Gasteiger partial charge in [-0.25, -0.2) is 6.57 Å². The molecular formula is C12H13N. The van der Waals surface area contributed by atoms with Crippen LogP contribution in [0.3, 0.4) is 0 Å². The molecule has 0 aliphatic heterocycles. The van der Waals surface area contributed by atoms with Gasteiger partial charge in [-0.1, -0.05) is 30.3 Å². The van der Waals surface area contributed by atoms with Crippen molar-refractivity contribution in [2.24, 2.45) is 0 Å². The third-order valence-corrected chi connectivity index (χ3v) is 2.94. The predicted octanol–water partition coefficient (Wildman–Crippen LogP) is 3.03. The van der Waals surface area contributed by atoms with E-state index in [2.05, 4.69) is 35.2 Å². The molecule has 2 rings (SSSR count). The number of rotatable bonds is 3. The van der Waals surface area contributed by atoms with Crippen LogP contribution in [0, 0.1) is 6.57 Å². The van der Waals surface area contributed by atoms with E-state index in [-0.39, 0.29) is 0 Å². The van der Waals surface area contributed by atoms with Crippen molar-refractivity contribution in [2.45, 2.75) is 24.7 Å². The minimum Gasteiger partial charge on any atom is -0.317 e. The Balaban J connectivity index is 2.13. The normalized spacial score (nSPS) is 17.8. The molecule has 0 N–H and O–H groups in total. The first-order chi connectivity index (χ1) is 6.37. The van der Waals surface area contributed by atoms with Gasteiger partial charge in [0.05, 0.1) is 0 Å². The Morgan fingerprint density at radius 2 is 1.92 bits per heavy atom. The van der Waals surface area contributed by atoms with Gasteiger partial charge in [-0.05, 0) is 18.4 Å². The Hall–Kier alpha value is -1.29. The topological polar surface area (TPSA) is 4.36 Å². The SMILES string of the molecule is [C-]#[N+]CCC1(c2ccccc2)CC1. The maximum Gasteiger partial charge on any atom is 0.215 e. The second-order valence-electron chi connectivity index (χ2n) is 3.78. The van der Waals surface area contributed by atoms with Crippen molar-refractivity contribution in [2.75, 3.05) is 6.54 Å². The first kappa shape index (κ1) is 8.31. The van der Waals surface area contributed by atoms with Gasteiger partial charge in [0.1, 0.15) is 0 Å². The average Bonchev–Trinajstić information content (AvgIpc) is 2.97. The fraction of sp³-hybridized carbons (Fsp3) is 0.417. The molecule has 1 aliphatic carbocycles. The molecule has 0 aromatic heterocycles. The molecule has 0 atom stereocenters. The van der Waals surface area contributed by atoms with Crippen LogP contribution in [-0.2, 0) is 5.41 Å². The van der Waals surface area contributed by atoms with Crippen LogP contribution in [0.1, 0.15) is 24.8 Å². The first-order valence-corrected chi connectivity index (χ1v) is 4.76. The van der Waals surface area contributed by atoms with E-state index in [9.17, 15) is 0 Å². The molecule has 0 unspecified atom stereocenters. The van der Waals surface area contributed by atoms with E-state index in [0.29, 0.717) is 12.0 Å². The average molecular weight is 171 g/mol. The highest BCUT2D eigenvalue weighted by Crippen LogP contribution is 2.50. The van der Waals surface area contributed by atoms with Crippen LogP contribution in [0.4, 0.5) is 0 Å². The van der Waals surface area contributed by atoms with E-state index in [1.54, 1.807) is 0 Å². The molecule has 0 heterocycles. The maximum absolute atomic E-state index is 6.80. The molecule has 1 aromatic carbocycles. The van der Waals surface area contributed by atoms with Crippen LogP contribution in [0.25, 0.3) is 4.85 Å². The van der Waals surface area contributed by atoms with Gasteiger partial charge in [0, 0.05) is 11.8 Å². The third kappa shape index (κ3) is 1.58. The van der Waals surface area contributed by atoms with Crippen molar-refractivity contribution < 1.29 is 0 Å². The summed E-state index contributed by atoms with van der Waals surface area (Å²) in [7, 11) is 0. The summed E-state index contributed by atoms with van der Waals surface area (Å²) in [5.74, 6) is 0. The first-order valence-electron chi connectivity index (χ1n) is 4.76. The summed E-state index contributed by atoms with van der Waals surface area (Å²) in [5, 5.41) is 0. The Bertz CT molecular complexity index is 317. The standard InChI is InChI=1S/C12H13N/c1-13-10-9-12(7-8-12)11-5-3-2-4-6-11/h2-6H,7-10H2. The van der Waals surface area contributed by atoms with Crippen LogP contribution in [0.5, 0.6) is 0 Å². The Labute approximate surface area is 79.2 Å². The van der Waals surface area contributed by atoms with Crippen molar-refractivity contribution in [1.29, 1.82) is 0 Å². The second-order valence-corrected chi connectivity index (χ2v) is 3.78. The van der Waals surface area contributed by atoms with Crippen LogP contribution < -0.4 is 0 Å². The molecule has 13 heavy (non-hydrogen) atoms. The second kappa shape index (κ2) is 3.22. The van der Waals surface area contributed by atoms with Crippen LogP contribution >= 0.6 is 0 Å². The van der Waals surface area contributed by atoms with Gasteiger partial charge in [0.15, 0.2) is 0 Å². The summed E-state index contributed by atoms with van der Waals surface area (Å²) in [4.78, 5) is 3.44. The number of hydrogen-bond acceptors (Lipinski definition) is 0. The highest BCUT2D eigenvalue weighted by atomic mass is 14.6. The van der Waals surface area contributed by atoms with Crippen LogP contribution in [0.2, 0.25) is 0 Å². The van der Waals surface area contributed by atoms with Gasteiger partial charge in [-0.2, -0.15) is 0 Å². The summed E-state index contributed by atoms with van der Waals surface area (Å²) in [5.41, 5.74) is 1.81. The van der Waals surface area contributed by atoms with Gasteiger partial charge in [0.2, 0.25) is 6.54 Å². The molecule has 0 amide bonds. The Morgan fingerprint density at radius 3 is 2.46 bits per heavy atom. The zero-order valence-electron chi connectivity index (χ0n) is 7.66. The van der Waals surface area contributed by atoms with E-state index >= 15 is 0 Å². The summed E-state index contributed by atoms with van der Waals surface area (Å²) in [6, 6.07) is 10.6. The van der Waals surface area contributed by atoms with Crippen molar-refractivity contribution in [1.82, 2.24) is 0 Å². The van der Waals surface area contributed by atoms with E-state index < -0.39 is 0 Å². The predicted molar refractivity (Wildman–Crippen MR) is 53.4 cm³/mol. The fourth-order valence-corrected chi connectivity index (χ4v) is 1.90. The molecule has 1 nitrogen and oxygen atoms in total. The Morgan fingerprint density at radius 1 is 1.23 bits per heavy atom. The van der Waals surface area contributed by atoms with Crippen molar-refractivity contribution in [3.8, 4) is 0 Å². The lowest BCUT2D eigenvalue weighted by atomic mass is 9.93. The van der Waals surface area contributed by atoms with E-state index in [1.165, 1.54) is 18.4 Å². The van der Waals surface area contributed by atoms with Gasteiger partial charge in [-0.15, -0.1) is 0 Å². The fourth-order valence-electron chi connectivity index (χ4n) is 1.90. The quantitative estimate of drug-likeness (QED) is 0.616. The summed E-state index contributed by atoms with van der Waals surface area (Å²) in [6.07, 6.45) is 3.58. The highest BCUT2D eigenvalue weighted by Gasteiger charge is 2.44. The lowest BCUT2D eigenvalue weighted by Crippen LogP contribution is -2.07.